The highest BCUT2D eigenvalue weighted by atomic mass is 28.4. The van der Waals surface area contributed by atoms with Crippen molar-refractivity contribution in [1.82, 2.24) is 0 Å². The van der Waals surface area contributed by atoms with Crippen LogP contribution in [0.1, 0.15) is 27.7 Å². The summed E-state index contributed by atoms with van der Waals surface area (Å²) in [6.07, 6.45) is -4.24. The molecule has 0 aliphatic heterocycles. The number of halogens is 13. The third-order valence-corrected chi connectivity index (χ3v) is 8.68. The topological polar surface area (TPSA) is 36.9 Å². The molecule has 19 heteroatoms. The standard InChI is InChI=1S/C14H21F13O4Si2/c1-5-28-33(29-6-2,30-7-3)31-32-14(26,27)13(24,25)12(22,23)11(20,21)10(18,19)9(16,17)8(4)15/h8H,5-7,32H2,1-4H3. The highest BCUT2D eigenvalue weighted by molar-refractivity contribution is 6.60. The van der Waals surface area contributed by atoms with Crippen LogP contribution in [0.15, 0.2) is 0 Å². The maximum Gasteiger partial charge on any atom is 0.668 e. The van der Waals surface area contributed by atoms with E-state index in [1.807, 2.05) is 0 Å². The molecule has 1 unspecified atom stereocenters. The van der Waals surface area contributed by atoms with Crippen LogP contribution in [0.4, 0.5) is 57.1 Å². The van der Waals surface area contributed by atoms with Gasteiger partial charge in [-0.15, -0.1) is 0 Å². The van der Waals surface area contributed by atoms with Crippen LogP contribution in [0.3, 0.4) is 0 Å². The lowest BCUT2D eigenvalue weighted by Gasteiger charge is -2.41. The summed E-state index contributed by atoms with van der Waals surface area (Å²) in [7, 11) is -9.15. The van der Waals surface area contributed by atoms with Gasteiger partial charge in [0.15, 0.2) is 6.17 Å². The summed E-state index contributed by atoms with van der Waals surface area (Å²) < 4.78 is 196. The molecule has 0 aromatic carbocycles. The first kappa shape index (κ1) is 32.4. The van der Waals surface area contributed by atoms with Crippen LogP contribution in [-0.4, -0.2) is 80.0 Å². The number of alkyl halides is 13. The summed E-state index contributed by atoms with van der Waals surface area (Å²) in [6.45, 7) is 2.09. The Kier molecular flexibility index (Phi) is 10.3. The van der Waals surface area contributed by atoms with Gasteiger partial charge in [0.1, 0.15) is 0 Å². The van der Waals surface area contributed by atoms with Crippen LogP contribution < -0.4 is 0 Å². The molecule has 0 N–H and O–H groups in total. The molecule has 0 aromatic heterocycles. The molecule has 0 bridgehead atoms. The third kappa shape index (κ3) is 5.62. The van der Waals surface area contributed by atoms with Gasteiger partial charge in [-0.25, -0.2) is 13.2 Å². The van der Waals surface area contributed by atoms with Gasteiger partial charge in [0, 0.05) is 19.8 Å². The smallest absolute Gasteiger partial charge is 0.392 e. The highest BCUT2D eigenvalue weighted by Gasteiger charge is 2.90. The lowest BCUT2D eigenvalue weighted by Crippen LogP contribution is -2.72. The largest absolute Gasteiger partial charge is 0.668 e. The molecule has 33 heavy (non-hydrogen) atoms. The highest BCUT2D eigenvalue weighted by Crippen LogP contribution is 2.60. The SMILES string of the molecule is CCO[Si](OCC)(OCC)O[SiH2]C(F)(F)C(F)(F)C(F)(F)C(F)(F)C(F)(F)C(F)(F)C(C)F. The summed E-state index contributed by atoms with van der Waals surface area (Å²) >= 11 is 0. The second kappa shape index (κ2) is 10.5. The Morgan fingerprint density at radius 1 is 0.636 bits per heavy atom. The van der Waals surface area contributed by atoms with Crippen molar-refractivity contribution < 1.29 is 74.5 Å². The molecule has 0 saturated carbocycles. The van der Waals surface area contributed by atoms with E-state index in [-0.39, 0.29) is 19.8 Å². The zero-order chi connectivity index (χ0) is 26.7. The average Bonchev–Trinajstić information content (AvgIpc) is 2.66. The lowest BCUT2D eigenvalue weighted by molar-refractivity contribution is -0.421. The van der Waals surface area contributed by atoms with E-state index in [1.165, 1.54) is 20.8 Å². The maximum absolute atomic E-state index is 14.0. The fraction of sp³-hybridized carbons (Fsp3) is 1.00. The summed E-state index contributed by atoms with van der Waals surface area (Å²) in [4.78, 5) is 0. The van der Waals surface area contributed by atoms with Crippen molar-refractivity contribution >= 4 is 18.8 Å². The molecule has 0 rings (SSSR count). The molecule has 0 heterocycles. The van der Waals surface area contributed by atoms with Gasteiger partial charge >= 0.3 is 44.2 Å². The molecule has 0 aliphatic carbocycles. The Morgan fingerprint density at radius 3 is 1.27 bits per heavy atom. The zero-order valence-corrected chi connectivity index (χ0v) is 19.9. The third-order valence-electron chi connectivity index (χ3n) is 3.95. The molecule has 0 fully saturated rings. The summed E-state index contributed by atoms with van der Waals surface area (Å²) in [5.74, 6) is -37.1. The van der Waals surface area contributed by atoms with Crippen LogP contribution in [0.25, 0.3) is 0 Å². The van der Waals surface area contributed by atoms with E-state index in [2.05, 4.69) is 4.12 Å². The van der Waals surface area contributed by atoms with E-state index in [0.29, 0.717) is 0 Å². The van der Waals surface area contributed by atoms with E-state index in [9.17, 15) is 57.1 Å². The molecule has 200 valence electrons. The van der Waals surface area contributed by atoms with Crippen molar-refractivity contribution in [2.45, 2.75) is 69.0 Å². The second-order valence-electron chi connectivity index (χ2n) is 6.33. The van der Waals surface area contributed by atoms with Crippen LogP contribution in [0.2, 0.25) is 0 Å². The first-order valence-corrected chi connectivity index (χ1v) is 12.0. The average molecular weight is 556 g/mol. The second-order valence-corrected chi connectivity index (χ2v) is 10.5. The first-order valence-electron chi connectivity index (χ1n) is 9.05. The Hall–Kier alpha value is -0.636. The molecule has 0 radical (unpaired) electrons. The molecular weight excluding hydrogens is 535 g/mol. The van der Waals surface area contributed by atoms with Crippen molar-refractivity contribution in [3.05, 3.63) is 0 Å². The van der Waals surface area contributed by atoms with Crippen molar-refractivity contribution in [3.8, 4) is 0 Å². The molecule has 0 aliphatic rings. The predicted molar refractivity (Wildman–Crippen MR) is 90.5 cm³/mol. The summed E-state index contributed by atoms with van der Waals surface area (Å²) in [6, 6.07) is 0. The Bertz CT molecular complexity index is 617. The van der Waals surface area contributed by atoms with Gasteiger partial charge in [-0.1, -0.05) is 0 Å². The van der Waals surface area contributed by atoms with Gasteiger partial charge < -0.3 is 17.4 Å². The maximum atomic E-state index is 14.0. The molecule has 0 spiro atoms. The minimum atomic E-state index is -7.83. The Labute approximate surface area is 183 Å². The van der Waals surface area contributed by atoms with Gasteiger partial charge in [0.05, 0.1) is 0 Å². The van der Waals surface area contributed by atoms with E-state index in [4.69, 9.17) is 13.3 Å². The van der Waals surface area contributed by atoms with Crippen molar-refractivity contribution in [1.29, 1.82) is 0 Å². The number of hydrogen-bond acceptors (Lipinski definition) is 4. The normalized spacial score (nSPS) is 16.6. The number of rotatable bonds is 15. The van der Waals surface area contributed by atoms with E-state index in [0.717, 1.165) is 0 Å². The molecule has 4 nitrogen and oxygen atoms in total. The summed E-state index contributed by atoms with van der Waals surface area (Å²) in [5.41, 5.74) is -6.25. The van der Waals surface area contributed by atoms with Gasteiger partial charge in [-0.2, -0.15) is 43.9 Å². The van der Waals surface area contributed by atoms with Crippen molar-refractivity contribution in [2.24, 2.45) is 0 Å². The fourth-order valence-corrected chi connectivity index (χ4v) is 6.28. The summed E-state index contributed by atoms with van der Waals surface area (Å²) in [5, 5.41) is 0. The molecular formula is C14H21F13O4Si2. The van der Waals surface area contributed by atoms with Gasteiger partial charge in [-0.3, -0.25) is 0 Å². The Morgan fingerprint density at radius 2 is 0.970 bits per heavy atom. The Balaban J connectivity index is 6.25. The minimum Gasteiger partial charge on any atom is -0.392 e. The van der Waals surface area contributed by atoms with E-state index >= 15 is 0 Å². The molecule has 0 aromatic rings. The molecule has 0 saturated heterocycles. The lowest BCUT2D eigenvalue weighted by atomic mass is 9.92. The monoisotopic (exact) mass is 556 g/mol. The minimum absolute atomic E-state index is 0.389. The van der Waals surface area contributed by atoms with Crippen molar-refractivity contribution in [2.75, 3.05) is 19.8 Å². The predicted octanol–water partition coefficient (Wildman–Crippen LogP) is 4.76. The van der Waals surface area contributed by atoms with Crippen LogP contribution in [0.5, 0.6) is 0 Å². The van der Waals surface area contributed by atoms with Gasteiger partial charge in [0.2, 0.25) is 9.76 Å². The zero-order valence-electron chi connectivity index (χ0n) is 17.5. The molecule has 0 amide bonds. The van der Waals surface area contributed by atoms with Gasteiger partial charge in [0.25, 0.3) is 0 Å². The van der Waals surface area contributed by atoms with E-state index in [1.54, 1.807) is 0 Å². The number of hydrogen-bond donors (Lipinski definition) is 0. The van der Waals surface area contributed by atoms with Crippen molar-refractivity contribution in [3.63, 3.8) is 0 Å². The van der Waals surface area contributed by atoms with E-state index < -0.39 is 67.1 Å². The van der Waals surface area contributed by atoms with Gasteiger partial charge in [-0.05, 0) is 27.7 Å². The quantitative estimate of drug-likeness (QED) is 0.216. The first-order chi connectivity index (χ1) is 14.6. The van der Waals surface area contributed by atoms with Crippen LogP contribution >= 0.6 is 0 Å². The molecule has 1 atom stereocenters. The van der Waals surface area contributed by atoms with Crippen LogP contribution in [-0.2, 0) is 17.4 Å². The van der Waals surface area contributed by atoms with Crippen LogP contribution in [0, 0.1) is 0 Å². The fourth-order valence-electron chi connectivity index (χ4n) is 2.13.